The van der Waals surface area contributed by atoms with Gasteiger partial charge in [-0.15, -0.1) is 0 Å². The summed E-state index contributed by atoms with van der Waals surface area (Å²) < 4.78 is 10.3. The third-order valence-corrected chi connectivity index (χ3v) is 3.10. The van der Waals surface area contributed by atoms with E-state index in [0.717, 1.165) is 32.2 Å². The van der Waals surface area contributed by atoms with Gasteiger partial charge in [0.1, 0.15) is 5.54 Å². The van der Waals surface area contributed by atoms with E-state index in [2.05, 4.69) is 11.4 Å². The highest BCUT2D eigenvalue weighted by atomic mass is 16.5. The van der Waals surface area contributed by atoms with E-state index in [4.69, 9.17) is 9.47 Å². The van der Waals surface area contributed by atoms with Crippen LogP contribution in [0.3, 0.4) is 0 Å². The van der Waals surface area contributed by atoms with E-state index >= 15 is 0 Å². The van der Waals surface area contributed by atoms with Crippen molar-refractivity contribution < 1.29 is 9.47 Å². The molecule has 0 saturated heterocycles. The van der Waals surface area contributed by atoms with Crippen LogP contribution in [-0.4, -0.2) is 39.0 Å². The maximum absolute atomic E-state index is 9.21. The molecule has 1 fully saturated rings. The zero-order valence-electron chi connectivity index (χ0n) is 9.58. The first-order valence-electron chi connectivity index (χ1n) is 5.44. The highest BCUT2D eigenvalue weighted by Crippen LogP contribution is 2.29. The molecule has 0 aliphatic heterocycles. The van der Waals surface area contributed by atoms with Crippen LogP contribution in [0, 0.1) is 11.3 Å². The minimum atomic E-state index is -0.354. The van der Waals surface area contributed by atoms with Crippen LogP contribution in [0.1, 0.15) is 25.7 Å². The molecule has 1 aliphatic rings. The molecular formula is C11H20N2O2. The second kappa shape index (κ2) is 6.06. The van der Waals surface area contributed by atoms with Gasteiger partial charge in [-0.25, -0.2) is 0 Å². The highest BCUT2D eigenvalue weighted by molar-refractivity contribution is 5.09. The van der Waals surface area contributed by atoms with Crippen LogP contribution in [0.15, 0.2) is 0 Å². The van der Waals surface area contributed by atoms with Crippen LogP contribution >= 0.6 is 0 Å². The van der Waals surface area contributed by atoms with Crippen molar-refractivity contribution in [3.05, 3.63) is 0 Å². The first-order valence-corrected chi connectivity index (χ1v) is 5.44. The van der Waals surface area contributed by atoms with Crippen molar-refractivity contribution in [2.75, 3.05) is 27.4 Å². The number of nitrogens with one attached hydrogen (secondary N) is 1. The molecule has 15 heavy (non-hydrogen) atoms. The molecule has 0 amide bonds. The molecule has 1 saturated carbocycles. The van der Waals surface area contributed by atoms with Gasteiger partial charge in [0.25, 0.3) is 0 Å². The topological polar surface area (TPSA) is 54.3 Å². The zero-order chi connectivity index (χ0) is 11.1. The summed E-state index contributed by atoms with van der Waals surface area (Å²) in [5.74, 6) is 0. The van der Waals surface area contributed by atoms with Crippen LogP contribution in [-0.2, 0) is 9.47 Å². The number of nitrogens with zero attached hydrogens (tertiary/aromatic N) is 1. The van der Waals surface area contributed by atoms with Gasteiger partial charge < -0.3 is 9.47 Å². The van der Waals surface area contributed by atoms with Crippen LogP contribution in [0.4, 0.5) is 0 Å². The fourth-order valence-corrected chi connectivity index (χ4v) is 2.04. The number of methoxy groups -OCH3 is 2. The van der Waals surface area contributed by atoms with E-state index in [9.17, 15) is 5.26 Å². The number of rotatable bonds is 5. The maximum Gasteiger partial charge on any atom is 0.107 e. The molecule has 0 bridgehead atoms. The van der Waals surface area contributed by atoms with Gasteiger partial charge in [0.15, 0.2) is 0 Å². The number of nitriles is 1. The Kier molecular flexibility index (Phi) is 5.03. The molecule has 0 spiro atoms. The molecule has 1 aliphatic carbocycles. The molecule has 0 aromatic carbocycles. The van der Waals surface area contributed by atoms with E-state index < -0.39 is 0 Å². The summed E-state index contributed by atoms with van der Waals surface area (Å²) in [5, 5.41) is 12.5. The largest absolute Gasteiger partial charge is 0.383 e. The molecule has 86 valence electrons. The van der Waals surface area contributed by atoms with E-state index in [-0.39, 0.29) is 5.54 Å². The van der Waals surface area contributed by atoms with E-state index in [1.807, 2.05) is 0 Å². The van der Waals surface area contributed by atoms with E-state index in [1.54, 1.807) is 14.2 Å². The molecule has 0 atom stereocenters. The summed E-state index contributed by atoms with van der Waals surface area (Å²) in [5.41, 5.74) is -0.354. The predicted octanol–water partition coefficient (Wildman–Crippen LogP) is 1.07. The van der Waals surface area contributed by atoms with Gasteiger partial charge in [0.2, 0.25) is 0 Å². The monoisotopic (exact) mass is 212 g/mol. The van der Waals surface area contributed by atoms with Gasteiger partial charge in [-0.2, -0.15) is 5.26 Å². The Hall–Kier alpha value is -0.630. The molecule has 0 radical (unpaired) electrons. The van der Waals surface area contributed by atoms with Gasteiger partial charge in [-0.3, -0.25) is 5.32 Å². The Bertz CT molecular complexity index is 212. The van der Waals surface area contributed by atoms with Gasteiger partial charge in [0.05, 0.1) is 18.8 Å². The van der Waals surface area contributed by atoms with Crippen molar-refractivity contribution in [3.63, 3.8) is 0 Å². The lowest BCUT2D eigenvalue weighted by Crippen LogP contribution is -2.48. The van der Waals surface area contributed by atoms with Gasteiger partial charge >= 0.3 is 0 Å². The fraction of sp³-hybridized carbons (Fsp3) is 0.909. The van der Waals surface area contributed by atoms with Crippen molar-refractivity contribution in [3.8, 4) is 6.07 Å². The van der Waals surface area contributed by atoms with Crippen LogP contribution < -0.4 is 5.32 Å². The lowest BCUT2D eigenvalue weighted by molar-refractivity contribution is 0.0510. The van der Waals surface area contributed by atoms with Crippen molar-refractivity contribution >= 4 is 0 Å². The molecule has 4 nitrogen and oxygen atoms in total. The third kappa shape index (κ3) is 3.45. The molecule has 4 heteroatoms. The Balaban J connectivity index is 2.39. The van der Waals surface area contributed by atoms with E-state index in [1.165, 1.54) is 0 Å². The number of ether oxygens (including phenoxy) is 2. The standard InChI is InChI=1S/C11H20N2O2/c1-14-8-7-13-11(9-12)5-3-10(15-2)4-6-11/h10,13H,3-8H2,1-2H3. The first-order chi connectivity index (χ1) is 7.26. The van der Waals surface area contributed by atoms with Crippen molar-refractivity contribution in [1.29, 1.82) is 5.26 Å². The van der Waals surface area contributed by atoms with E-state index in [0.29, 0.717) is 12.7 Å². The first kappa shape index (κ1) is 12.4. The smallest absolute Gasteiger partial charge is 0.107 e. The molecule has 0 aromatic heterocycles. The summed E-state index contributed by atoms with van der Waals surface area (Å²) in [6.07, 6.45) is 3.99. The second-order valence-electron chi connectivity index (χ2n) is 4.05. The van der Waals surface area contributed by atoms with Gasteiger partial charge in [0, 0.05) is 20.8 Å². The predicted molar refractivity (Wildman–Crippen MR) is 57.5 cm³/mol. The lowest BCUT2D eigenvalue weighted by Gasteiger charge is -2.35. The molecule has 0 heterocycles. The van der Waals surface area contributed by atoms with Crippen LogP contribution in [0.25, 0.3) is 0 Å². The molecule has 0 aromatic rings. The lowest BCUT2D eigenvalue weighted by atomic mass is 9.81. The van der Waals surface area contributed by atoms with Crippen molar-refractivity contribution in [1.82, 2.24) is 5.32 Å². The molecule has 1 rings (SSSR count). The van der Waals surface area contributed by atoms with Crippen molar-refractivity contribution in [2.45, 2.75) is 37.3 Å². The van der Waals surface area contributed by atoms with Gasteiger partial charge in [-0.05, 0) is 25.7 Å². The quantitative estimate of drug-likeness (QED) is 0.693. The third-order valence-electron chi connectivity index (χ3n) is 3.10. The second-order valence-corrected chi connectivity index (χ2v) is 4.05. The Morgan fingerprint density at radius 1 is 1.40 bits per heavy atom. The fourth-order valence-electron chi connectivity index (χ4n) is 2.04. The Morgan fingerprint density at radius 3 is 2.53 bits per heavy atom. The minimum absolute atomic E-state index is 0.329. The molecule has 1 N–H and O–H groups in total. The molecular weight excluding hydrogens is 192 g/mol. The van der Waals surface area contributed by atoms with Crippen molar-refractivity contribution in [2.24, 2.45) is 0 Å². The summed E-state index contributed by atoms with van der Waals surface area (Å²) in [4.78, 5) is 0. The van der Waals surface area contributed by atoms with Crippen LogP contribution in [0.5, 0.6) is 0 Å². The Labute approximate surface area is 91.6 Å². The zero-order valence-corrected chi connectivity index (χ0v) is 9.58. The van der Waals surface area contributed by atoms with Gasteiger partial charge in [-0.1, -0.05) is 0 Å². The summed E-state index contributed by atoms with van der Waals surface area (Å²) in [7, 11) is 3.41. The maximum atomic E-state index is 9.21. The summed E-state index contributed by atoms with van der Waals surface area (Å²) in [6, 6.07) is 2.40. The molecule has 0 unspecified atom stereocenters. The summed E-state index contributed by atoms with van der Waals surface area (Å²) >= 11 is 0. The summed E-state index contributed by atoms with van der Waals surface area (Å²) in [6.45, 7) is 1.39. The normalized spacial score (nSPS) is 31.1. The highest BCUT2D eigenvalue weighted by Gasteiger charge is 2.34. The number of hydrogen-bond acceptors (Lipinski definition) is 4. The minimum Gasteiger partial charge on any atom is -0.383 e. The SMILES string of the molecule is COCCNC1(C#N)CCC(OC)CC1. The number of hydrogen-bond donors (Lipinski definition) is 1. The average Bonchev–Trinajstić information content (AvgIpc) is 2.30. The van der Waals surface area contributed by atoms with Crippen LogP contribution in [0.2, 0.25) is 0 Å². The average molecular weight is 212 g/mol. The Morgan fingerprint density at radius 2 is 2.07 bits per heavy atom.